The quantitative estimate of drug-likeness (QED) is 0.745. The van der Waals surface area contributed by atoms with Crippen molar-refractivity contribution < 1.29 is 14.3 Å². The van der Waals surface area contributed by atoms with E-state index >= 15 is 0 Å². The topological polar surface area (TPSA) is 86.1 Å². The largest absolute Gasteiger partial charge is 0.443 e. The molecule has 2 aromatic rings. The summed E-state index contributed by atoms with van der Waals surface area (Å²) in [6.45, 7) is 9.89. The fourth-order valence-corrected chi connectivity index (χ4v) is 3.94. The number of ether oxygens (including phenoxy) is 1. The highest BCUT2D eigenvalue weighted by Gasteiger charge is 2.31. The minimum absolute atomic E-state index is 0.228. The van der Waals surface area contributed by atoms with Crippen molar-refractivity contribution in [2.24, 2.45) is 11.8 Å². The van der Waals surface area contributed by atoms with Crippen molar-refractivity contribution in [3.63, 3.8) is 0 Å². The molecule has 7 heteroatoms. The van der Waals surface area contributed by atoms with E-state index in [4.69, 9.17) is 4.74 Å². The van der Waals surface area contributed by atoms with Crippen LogP contribution in [0.4, 0.5) is 10.6 Å². The Bertz CT molecular complexity index is 884. The predicted molar refractivity (Wildman–Crippen MR) is 111 cm³/mol. The van der Waals surface area contributed by atoms with Crippen molar-refractivity contribution in [1.29, 1.82) is 0 Å². The van der Waals surface area contributed by atoms with Crippen molar-refractivity contribution in [2.45, 2.75) is 65.5 Å². The van der Waals surface area contributed by atoms with Gasteiger partial charge >= 0.3 is 6.09 Å². The highest BCUT2D eigenvalue weighted by molar-refractivity contribution is 6.11. The number of carbonyl (C=O) groups excluding carboxylic acids is 2. The van der Waals surface area contributed by atoms with E-state index in [1.165, 1.54) is 29.5 Å². The number of ketones is 1. The third kappa shape index (κ3) is 5.02. The van der Waals surface area contributed by atoms with Crippen LogP contribution in [0.3, 0.4) is 0 Å². The Morgan fingerprint density at radius 3 is 2.72 bits per heavy atom. The number of hydrogen-bond acceptors (Lipinski definition) is 6. The number of hydrogen-bond donors (Lipinski definition) is 1. The van der Waals surface area contributed by atoms with Crippen LogP contribution in [0.2, 0.25) is 0 Å². The minimum Gasteiger partial charge on any atom is -0.443 e. The summed E-state index contributed by atoms with van der Waals surface area (Å²) in [5.74, 6) is 1.66. The van der Waals surface area contributed by atoms with E-state index in [1.807, 2.05) is 0 Å². The van der Waals surface area contributed by atoms with Crippen LogP contribution < -0.4 is 5.32 Å². The molecule has 0 amide bonds. The molecule has 1 N–H and O–H groups in total. The van der Waals surface area contributed by atoms with E-state index in [2.05, 4.69) is 29.1 Å². The molecular weight excluding hydrogens is 368 g/mol. The molecule has 1 fully saturated rings. The van der Waals surface area contributed by atoms with E-state index in [0.29, 0.717) is 34.8 Å². The fourth-order valence-electron chi connectivity index (χ4n) is 3.94. The van der Waals surface area contributed by atoms with Crippen LogP contribution in [0.15, 0.2) is 31.0 Å². The summed E-state index contributed by atoms with van der Waals surface area (Å²) in [6.07, 6.45) is 8.76. The summed E-state index contributed by atoms with van der Waals surface area (Å²) in [6, 6.07) is 1.90. The lowest BCUT2D eigenvalue weighted by atomic mass is 9.96. The van der Waals surface area contributed by atoms with Crippen LogP contribution >= 0.6 is 0 Å². The Balaban J connectivity index is 1.76. The second-order valence-corrected chi connectivity index (χ2v) is 8.86. The Hall–Kier alpha value is -2.70. The van der Waals surface area contributed by atoms with Gasteiger partial charge in [-0.3, -0.25) is 9.36 Å². The maximum absolute atomic E-state index is 13.1. The third-order valence-electron chi connectivity index (χ3n) is 5.43. The number of carbonyl (C=O) groups is 2. The summed E-state index contributed by atoms with van der Waals surface area (Å²) < 4.78 is 6.62. The van der Waals surface area contributed by atoms with E-state index in [0.717, 1.165) is 19.3 Å². The van der Waals surface area contributed by atoms with Gasteiger partial charge in [0.05, 0.1) is 5.56 Å². The Morgan fingerprint density at radius 2 is 2.07 bits per heavy atom. The van der Waals surface area contributed by atoms with E-state index in [1.54, 1.807) is 26.8 Å². The lowest BCUT2D eigenvalue weighted by Gasteiger charge is -2.19. The van der Waals surface area contributed by atoms with Gasteiger partial charge in [0.2, 0.25) is 0 Å². The first-order valence-corrected chi connectivity index (χ1v) is 10.2. The van der Waals surface area contributed by atoms with Crippen LogP contribution in [0, 0.1) is 11.8 Å². The Kier molecular flexibility index (Phi) is 6.05. The normalized spacial score (nSPS) is 21.8. The maximum Gasteiger partial charge on any atom is 0.418 e. The van der Waals surface area contributed by atoms with Crippen LogP contribution in [-0.4, -0.2) is 38.1 Å². The van der Waals surface area contributed by atoms with Gasteiger partial charge in [-0.25, -0.2) is 14.8 Å². The molecule has 0 unspecified atom stereocenters. The average molecular weight is 399 g/mol. The molecule has 0 spiro atoms. The second-order valence-electron chi connectivity index (χ2n) is 8.86. The summed E-state index contributed by atoms with van der Waals surface area (Å²) >= 11 is 0. The molecule has 1 saturated carbocycles. The molecule has 0 saturated heterocycles. The van der Waals surface area contributed by atoms with Crippen molar-refractivity contribution in [3.8, 4) is 0 Å². The van der Waals surface area contributed by atoms with Crippen molar-refractivity contribution in [3.05, 3.63) is 42.1 Å². The Labute approximate surface area is 171 Å². The van der Waals surface area contributed by atoms with Crippen molar-refractivity contribution in [1.82, 2.24) is 14.5 Å². The van der Waals surface area contributed by atoms with Gasteiger partial charge in [-0.05, 0) is 51.5 Å². The molecule has 0 bridgehead atoms. The first kappa shape index (κ1) is 21.0. The van der Waals surface area contributed by atoms with E-state index < -0.39 is 11.7 Å². The molecule has 0 radical (unpaired) electrons. The fraction of sp³-hybridized carbons (Fsp3) is 0.545. The number of aromatic nitrogens is 3. The summed E-state index contributed by atoms with van der Waals surface area (Å²) in [4.78, 5) is 33.6. The van der Waals surface area contributed by atoms with Gasteiger partial charge < -0.3 is 10.1 Å². The second kappa shape index (κ2) is 8.35. The van der Waals surface area contributed by atoms with Crippen molar-refractivity contribution in [2.75, 3.05) is 5.32 Å². The number of nitrogens with zero attached hydrogens (tertiary/aromatic N) is 3. The monoisotopic (exact) mass is 398 g/mol. The maximum atomic E-state index is 13.1. The number of rotatable bonds is 5. The van der Waals surface area contributed by atoms with Gasteiger partial charge in [0.15, 0.2) is 5.78 Å². The van der Waals surface area contributed by atoms with Gasteiger partial charge in [-0.2, -0.15) is 0 Å². The smallest absolute Gasteiger partial charge is 0.418 e. The molecule has 29 heavy (non-hydrogen) atoms. The minimum atomic E-state index is -0.606. The van der Waals surface area contributed by atoms with Crippen LogP contribution in [0.1, 0.15) is 69.8 Å². The summed E-state index contributed by atoms with van der Waals surface area (Å²) in [7, 11) is 0. The van der Waals surface area contributed by atoms with Gasteiger partial charge in [-0.1, -0.05) is 20.3 Å². The molecule has 156 valence electrons. The van der Waals surface area contributed by atoms with E-state index in [9.17, 15) is 9.59 Å². The highest BCUT2D eigenvalue weighted by atomic mass is 16.6. The highest BCUT2D eigenvalue weighted by Crippen LogP contribution is 2.35. The molecule has 3 atom stereocenters. The standard InChI is InChI=1S/C22H30N4O3/c1-6-15-10-17(9-14(15)2)25-20-18(11-23-13-24-20)19(27)16-7-8-26(12-16)21(28)29-22(3,4)5/h7-8,11-15,17H,6,9-10H2,1-5H3,(H,23,24,25)/t14-,15-,17-/m0/s1. The molecular formula is C22H30N4O3. The van der Waals surface area contributed by atoms with Gasteiger partial charge in [0, 0.05) is 30.2 Å². The van der Waals surface area contributed by atoms with Gasteiger partial charge in [0.1, 0.15) is 17.7 Å². The zero-order valence-electron chi connectivity index (χ0n) is 17.8. The van der Waals surface area contributed by atoms with Gasteiger partial charge in [-0.15, -0.1) is 0 Å². The molecule has 0 aliphatic heterocycles. The molecule has 1 aliphatic carbocycles. The first-order chi connectivity index (χ1) is 13.7. The lowest BCUT2D eigenvalue weighted by Crippen LogP contribution is -2.26. The van der Waals surface area contributed by atoms with E-state index in [-0.39, 0.29) is 5.78 Å². The third-order valence-corrected chi connectivity index (χ3v) is 5.43. The predicted octanol–water partition coefficient (Wildman–Crippen LogP) is 4.53. The zero-order valence-corrected chi connectivity index (χ0v) is 17.8. The molecule has 3 rings (SSSR count). The zero-order chi connectivity index (χ0) is 21.2. The first-order valence-electron chi connectivity index (χ1n) is 10.2. The average Bonchev–Trinajstić information content (AvgIpc) is 3.27. The van der Waals surface area contributed by atoms with Crippen molar-refractivity contribution >= 4 is 17.7 Å². The number of anilines is 1. The van der Waals surface area contributed by atoms with Gasteiger partial charge in [0.25, 0.3) is 0 Å². The Morgan fingerprint density at radius 1 is 1.31 bits per heavy atom. The van der Waals surface area contributed by atoms with Crippen LogP contribution in [-0.2, 0) is 4.74 Å². The molecule has 1 aliphatic rings. The summed E-state index contributed by atoms with van der Waals surface area (Å²) in [5, 5.41) is 3.45. The molecule has 7 nitrogen and oxygen atoms in total. The number of nitrogens with one attached hydrogen (secondary N) is 1. The lowest BCUT2D eigenvalue weighted by molar-refractivity contribution is 0.0537. The molecule has 2 aromatic heterocycles. The molecule has 0 aromatic carbocycles. The van der Waals surface area contributed by atoms with Crippen LogP contribution in [0.5, 0.6) is 0 Å². The van der Waals surface area contributed by atoms with Crippen LogP contribution in [0.25, 0.3) is 0 Å². The molecule has 2 heterocycles. The summed E-state index contributed by atoms with van der Waals surface area (Å²) in [5.41, 5.74) is 0.187. The SMILES string of the molecule is CC[C@H]1C[C@@H](Nc2ncncc2C(=O)c2ccn(C(=O)OC(C)(C)C)c2)C[C@@H]1C.